The molecule has 192 valence electrons. The first-order chi connectivity index (χ1) is 15.7. The van der Waals surface area contributed by atoms with Gasteiger partial charge in [0.15, 0.2) is 17.0 Å². The van der Waals surface area contributed by atoms with Crippen LogP contribution in [0.3, 0.4) is 0 Å². The molecule has 0 aliphatic rings. The molecule has 0 spiro atoms. The van der Waals surface area contributed by atoms with Gasteiger partial charge in [0.2, 0.25) is 5.95 Å². The molecule has 34 heavy (non-hydrogen) atoms. The molecule has 1 unspecified atom stereocenters. The zero-order valence-corrected chi connectivity index (χ0v) is 22.7. The van der Waals surface area contributed by atoms with Crippen molar-refractivity contribution in [3.63, 3.8) is 0 Å². The second-order valence-electron chi connectivity index (χ2n) is 9.99. The highest BCUT2D eigenvalue weighted by atomic mass is 31.2. The van der Waals surface area contributed by atoms with E-state index < -0.39 is 7.60 Å². The molecular formula is C21H40N8O4P+. The molecule has 0 radical (unpaired) electrons. The van der Waals surface area contributed by atoms with E-state index in [1.165, 1.54) is 0 Å². The van der Waals surface area contributed by atoms with Gasteiger partial charge in [-0.05, 0) is 27.7 Å². The number of likely N-dealkylation sites (N-methyl/N-ethyl adjacent to an activating group) is 1. The molecule has 2 rings (SSSR count). The third kappa shape index (κ3) is 8.92. The number of ether oxygens (including phenoxy) is 1. The number of rotatable bonds is 13. The van der Waals surface area contributed by atoms with Crippen molar-refractivity contribution >= 4 is 36.9 Å². The summed E-state index contributed by atoms with van der Waals surface area (Å²) < 4.78 is 33.2. The van der Waals surface area contributed by atoms with Gasteiger partial charge < -0.3 is 33.5 Å². The number of quaternary nitrogens is 1. The molecule has 2 N–H and O–H groups in total. The minimum absolute atomic E-state index is 0.101. The Bertz CT molecular complexity index is 1000. The van der Waals surface area contributed by atoms with Crippen molar-refractivity contribution in [3.8, 4) is 0 Å². The Balaban J connectivity index is 2.33. The minimum Gasteiger partial charge on any atom is -0.369 e. The van der Waals surface area contributed by atoms with Gasteiger partial charge in [-0.25, -0.2) is 9.98 Å². The normalized spacial score (nSPS) is 14.1. The van der Waals surface area contributed by atoms with E-state index in [1.807, 2.05) is 46.4 Å². The van der Waals surface area contributed by atoms with Crippen molar-refractivity contribution in [1.29, 1.82) is 0 Å². The molecule has 2 heterocycles. The van der Waals surface area contributed by atoms with Crippen LogP contribution in [0, 0.1) is 0 Å². The summed E-state index contributed by atoms with van der Waals surface area (Å²) in [7, 11) is 6.46. The van der Waals surface area contributed by atoms with Crippen LogP contribution in [-0.4, -0.2) is 102 Å². The summed E-state index contributed by atoms with van der Waals surface area (Å²) in [5.74, 6) is 0.489. The summed E-state index contributed by atoms with van der Waals surface area (Å²) in [6.07, 6.45) is 2.28. The van der Waals surface area contributed by atoms with Gasteiger partial charge >= 0.3 is 7.60 Å². The van der Waals surface area contributed by atoms with Gasteiger partial charge in [-0.2, -0.15) is 9.97 Å². The van der Waals surface area contributed by atoms with Crippen molar-refractivity contribution in [1.82, 2.24) is 24.4 Å². The number of aliphatic imine (C=N–C) groups is 1. The SMILES string of the molecule is CC(C)OP(=O)(COC(Cn1cnc2c(/N=C/N(C)C)nc(N)nc21)C[N+](C)(C)C)OC(C)C. The molecule has 0 bridgehead atoms. The molecule has 2 aromatic rings. The van der Waals surface area contributed by atoms with Gasteiger partial charge in [0.1, 0.15) is 19.0 Å². The van der Waals surface area contributed by atoms with E-state index in [4.69, 9.17) is 19.5 Å². The average Bonchev–Trinajstić information content (AvgIpc) is 3.04. The van der Waals surface area contributed by atoms with Crippen LogP contribution < -0.4 is 5.73 Å². The average molecular weight is 500 g/mol. The molecule has 2 aromatic heterocycles. The van der Waals surface area contributed by atoms with Crippen molar-refractivity contribution in [2.24, 2.45) is 4.99 Å². The van der Waals surface area contributed by atoms with E-state index in [0.29, 0.717) is 34.6 Å². The molecule has 13 heteroatoms. The molecule has 0 aliphatic heterocycles. The van der Waals surface area contributed by atoms with Crippen LogP contribution in [0.15, 0.2) is 11.3 Å². The lowest BCUT2D eigenvalue weighted by atomic mass is 10.3. The van der Waals surface area contributed by atoms with Crippen LogP contribution in [0.1, 0.15) is 27.7 Å². The highest BCUT2D eigenvalue weighted by Crippen LogP contribution is 2.50. The molecule has 12 nitrogen and oxygen atoms in total. The van der Waals surface area contributed by atoms with E-state index in [0.717, 1.165) is 0 Å². The summed E-state index contributed by atoms with van der Waals surface area (Å²) in [5, 5.41) is 0. The Morgan fingerprint density at radius 3 is 2.32 bits per heavy atom. The number of nitrogens with two attached hydrogens (primary N) is 1. The molecule has 0 fully saturated rings. The lowest BCUT2D eigenvalue weighted by Gasteiger charge is -2.31. The molecular weight excluding hydrogens is 459 g/mol. The minimum atomic E-state index is -3.45. The third-order valence-electron chi connectivity index (χ3n) is 4.24. The summed E-state index contributed by atoms with van der Waals surface area (Å²) in [6, 6.07) is 0. The lowest BCUT2D eigenvalue weighted by molar-refractivity contribution is -0.873. The Morgan fingerprint density at radius 1 is 1.18 bits per heavy atom. The fourth-order valence-electron chi connectivity index (χ4n) is 3.26. The first-order valence-corrected chi connectivity index (χ1v) is 13.0. The maximum absolute atomic E-state index is 13.3. The van der Waals surface area contributed by atoms with Crippen LogP contribution in [0.5, 0.6) is 0 Å². The fraction of sp³-hybridized carbons (Fsp3) is 0.714. The van der Waals surface area contributed by atoms with Gasteiger partial charge in [-0.1, -0.05) is 0 Å². The number of aromatic nitrogens is 4. The first-order valence-electron chi connectivity index (χ1n) is 11.2. The number of fused-ring (bicyclic) bond motifs is 1. The van der Waals surface area contributed by atoms with E-state index in [2.05, 4.69) is 41.1 Å². The van der Waals surface area contributed by atoms with Crippen LogP contribution in [0.2, 0.25) is 0 Å². The van der Waals surface area contributed by atoms with Crippen molar-refractivity contribution < 1.29 is 22.8 Å². The number of nitrogens with zero attached hydrogens (tertiary/aromatic N) is 7. The van der Waals surface area contributed by atoms with Crippen LogP contribution in [0.4, 0.5) is 11.8 Å². The van der Waals surface area contributed by atoms with Gasteiger partial charge in [0.05, 0.1) is 52.6 Å². The molecule has 0 saturated heterocycles. The van der Waals surface area contributed by atoms with Gasteiger partial charge in [-0.15, -0.1) is 0 Å². The highest BCUT2D eigenvalue weighted by Gasteiger charge is 2.31. The summed E-state index contributed by atoms with van der Waals surface area (Å²) in [4.78, 5) is 19.2. The number of imidazole rings is 1. The zero-order valence-electron chi connectivity index (χ0n) is 21.8. The maximum Gasteiger partial charge on any atom is 0.356 e. The molecule has 0 amide bonds. The monoisotopic (exact) mass is 499 g/mol. The van der Waals surface area contributed by atoms with Gasteiger partial charge in [0, 0.05) is 14.1 Å². The lowest BCUT2D eigenvalue weighted by Crippen LogP contribution is -2.44. The third-order valence-corrected chi connectivity index (χ3v) is 6.19. The topological polar surface area (TPSA) is 130 Å². The Kier molecular flexibility index (Phi) is 9.55. The molecule has 1 atom stereocenters. The van der Waals surface area contributed by atoms with E-state index in [1.54, 1.807) is 17.6 Å². The van der Waals surface area contributed by atoms with Crippen molar-refractivity contribution in [2.45, 2.75) is 52.6 Å². The van der Waals surface area contributed by atoms with E-state index >= 15 is 0 Å². The smallest absolute Gasteiger partial charge is 0.356 e. The first kappa shape index (κ1) is 28.1. The molecule has 0 aliphatic carbocycles. The molecule has 0 aromatic carbocycles. The summed E-state index contributed by atoms with van der Waals surface area (Å²) in [5.41, 5.74) is 7.03. The van der Waals surface area contributed by atoms with Gasteiger partial charge in [0.25, 0.3) is 0 Å². The summed E-state index contributed by atoms with van der Waals surface area (Å²) >= 11 is 0. The second-order valence-corrected chi connectivity index (χ2v) is 11.9. The van der Waals surface area contributed by atoms with E-state index in [9.17, 15) is 4.57 Å². The fourth-order valence-corrected chi connectivity index (χ4v) is 5.11. The zero-order chi connectivity index (χ0) is 25.7. The largest absolute Gasteiger partial charge is 0.369 e. The second kappa shape index (κ2) is 11.5. The van der Waals surface area contributed by atoms with Crippen LogP contribution in [0.25, 0.3) is 11.2 Å². The number of nitrogen functional groups attached to an aromatic ring is 1. The highest BCUT2D eigenvalue weighted by molar-refractivity contribution is 7.53. The van der Waals surface area contributed by atoms with Crippen molar-refractivity contribution in [2.75, 3.05) is 53.9 Å². The standard InChI is InChI=1S/C21H40N8O4P/c1-15(2)32-34(30,33-16(3)4)14-31-17(11-29(7,8)9)10-28-13-23-18-19(24-12-27(5)6)25-21(22)26-20(18)28/h12-13,15-17H,10-11,14H2,1-9H3,(H2,22,25,26)/q+1/b24-12+. The van der Waals surface area contributed by atoms with Crippen LogP contribution in [-0.2, 0) is 24.9 Å². The van der Waals surface area contributed by atoms with Gasteiger partial charge in [-0.3, -0.25) is 4.57 Å². The Morgan fingerprint density at radius 2 is 1.79 bits per heavy atom. The Hall–Kier alpha value is -2.11. The number of hydrogen-bond acceptors (Lipinski definition) is 9. The maximum atomic E-state index is 13.3. The van der Waals surface area contributed by atoms with Crippen LogP contribution >= 0.6 is 7.60 Å². The number of hydrogen-bond donors (Lipinski definition) is 1. The predicted molar refractivity (Wildman–Crippen MR) is 134 cm³/mol. The number of anilines is 1. The van der Waals surface area contributed by atoms with Crippen molar-refractivity contribution in [3.05, 3.63) is 6.33 Å². The van der Waals surface area contributed by atoms with E-state index in [-0.39, 0.29) is 30.6 Å². The Labute approximate surface area is 202 Å². The quantitative estimate of drug-likeness (QED) is 0.191. The summed E-state index contributed by atoms with van der Waals surface area (Å²) in [6.45, 7) is 8.31. The predicted octanol–water partition coefficient (Wildman–Crippen LogP) is 2.72. The molecule has 0 saturated carbocycles.